The first-order valence-corrected chi connectivity index (χ1v) is 11.0. The van der Waals surface area contributed by atoms with Gasteiger partial charge in [-0.1, -0.05) is 72.6 Å². The maximum absolute atomic E-state index is 9.77. The summed E-state index contributed by atoms with van der Waals surface area (Å²) in [6, 6.07) is 17.6. The third kappa shape index (κ3) is 4.98. The lowest BCUT2D eigenvalue weighted by Crippen LogP contribution is -2.12. The SMILES string of the molecule is CCCCc1nc(Cl)c(CO)n1Cc1ccc(OC(c2ccccc2)c2nn[nH]n2)cc1. The van der Waals surface area contributed by atoms with E-state index in [0.717, 1.165) is 36.2 Å². The van der Waals surface area contributed by atoms with Gasteiger partial charge in [-0.2, -0.15) is 5.21 Å². The lowest BCUT2D eigenvalue weighted by molar-refractivity contribution is 0.237. The Morgan fingerprint density at radius 3 is 2.56 bits per heavy atom. The number of halogens is 1. The molecule has 0 aliphatic heterocycles. The molecule has 32 heavy (non-hydrogen) atoms. The van der Waals surface area contributed by atoms with Crippen molar-refractivity contribution in [3.05, 3.63) is 88.2 Å². The first kappa shape index (κ1) is 22.0. The molecule has 0 saturated carbocycles. The zero-order chi connectivity index (χ0) is 22.3. The molecule has 2 heterocycles. The molecule has 0 bridgehead atoms. The number of unbranched alkanes of at least 4 members (excludes halogenated alkanes) is 1. The zero-order valence-corrected chi connectivity index (χ0v) is 18.5. The smallest absolute Gasteiger partial charge is 0.219 e. The van der Waals surface area contributed by atoms with E-state index in [1.165, 1.54) is 0 Å². The number of imidazole rings is 1. The molecule has 2 aromatic carbocycles. The number of benzene rings is 2. The van der Waals surface area contributed by atoms with Gasteiger partial charge in [-0.25, -0.2) is 4.98 Å². The van der Waals surface area contributed by atoms with Crippen molar-refractivity contribution < 1.29 is 9.84 Å². The minimum atomic E-state index is -0.477. The number of H-pyrrole nitrogens is 1. The molecule has 4 aromatic rings. The van der Waals surface area contributed by atoms with Crippen molar-refractivity contribution in [2.24, 2.45) is 0 Å². The monoisotopic (exact) mass is 452 g/mol. The summed E-state index contributed by atoms with van der Waals surface area (Å²) in [5.74, 6) is 2.04. The number of aliphatic hydroxyl groups excluding tert-OH is 1. The van der Waals surface area contributed by atoms with Crippen molar-refractivity contribution in [1.29, 1.82) is 0 Å². The maximum Gasteiger partial charge on any atom is 0.219 e. The summed E-state index contributed by atoms with van der Waals surface area (Å²) in [5, 5.41) is 24.5. The summed E-state index contributed by atoms with van der Waals surface area (Å²) >= 11 is 6.25. The van der Waals surface area contributed by atoms with Crippen LogP contribution in [0, 0.1) is 0 Å². The Hall–Kier alpha value is -3.23. The lowest BCUT2D eigenvalue weighted by atomic mass is 10.1. The lowest BCUT2D eigenvalue weighted by Gasteiger charge is -2.17. The molecule has 0 saturated heterocycles. The average molecular weight is 453 g/mol. The highest BCUT2D eigenvalue weighted by atomic mass is 35.5. The van der Waals surface area contributed by atoms with Crippen LogP contribution in [-0.4, -0.2) is 35.3 Å². The number of nitrogens with zero attached hydrogens (tertiary/aromatic N) is 5. The van der Waals surface area contributed by atoms with E-state index in [2.05, 4.69) is 32.5 Å². The topological polar surface area (TPSA) is 102 Å². The Balaban J connectivity index is 1.54. The Kier molecular flexibility index (Phi) is 7.14. The fourth-order valence-corrected chi connectivity index (χ4v) is 3.80. The second-order valence-corrected chi connectivity index (χ2v) is 7.79. The Bertz CT molecular complexity index is 1110. The minimum absolute atomic E-state index is 0.150. The van der Waals surface area contributed by atoms with Crippen LogP contribution in [0.25, 0.3) is 0 Å². The van der Waals surface area contributed by atoms with Crippen LogP contribution in [0.3, 0.4) is 0 Å². The predicted molar refractivity (Wildman–Crippen MR) is 120 cm³/mol. The Morgan fingerprint density at radius 2 is 1.91 bits per heavy atom. The number of nitrogens with one attached hydrogen (secondary N) is 1. The Morgan fingerprint density at radius 1 is 1.12 bits per heavy atom. The molecule has 1 unspecified atom stereocenters. The maximum atomic E-state index is 9.77. The van der Waals surface area contributed by atoms with Crippen LogP contribution in [0.5, 0.6) is 5.75 Å². The number of aliphatic hydroxyl groups is 1. The predicted octanol–water partition coefficient (Wildman–Crippen LogP) is 4.10. The first-order chi connectivity index (χ1) is 15.7. The summed E-state index contributed by atoms with van der Waals surface area (Å²) in [5.41, 5.74) is 2.62. The van der Waals surface area contributed by atoms with Crippen molar-refractivity contribution in [3.63, 3.8) is 0 Å². The van der Waals surface area contributed by atoms with Gasteiger partial charge in [0.1, 0.15) is 11.6 Å². The molecule has 166 valence electrons. The van der Waals surface area contributed by atoms with Crippen LogP contribution in [0.4, 0.5) is 0 Å². The summed E-state index contributed by atoms with van der Waals surface area (Å²) in [6.45, 7) is 2.56. The number of hydrogen-bond acceptors (Lipinski definition) is 6. The average Bonchev–Trinajstić information content (AvgIpc) is 3.45. The molecular weight excluding hydrogens is 428 g/mol. The van der Waals surface area contributed by atoms with Gasteiger partial charge in [0.15, 0.2) is 11.3 Å². The van der Waals surface area contributed by atoms with Crippen molar-refractivity contribution in [1.82, 2.24) is 30.2 Å². The van der Waals surface area contributed by atoms with E-state index in [9.17, 15) is 5.11 Å². The summed E-state index contributed by atoms with van der Waals surface area (Å²) in [7, 11) is 0. The van der Waals surface area contributed by atoms with Crippen molar-refractivity contribution in [2.75, 3.05) is 0 Å². The third-order valence-corrected chi connectivity index (χ3v) is 5.53. The number of hydrogen-bond donors (Lipinski definition) is 2. The standard InChI is InChI=1S/C23H25ClN6O2/c1-2-3-9-20-25-22(24)19(15-31)30(20)14-16-10-12-18(13-11-16)32-21(23-26-28-29-27-23)17-7-5-4-6-8-17/h4-8,10-13,21,31H,2-3,9,14-15H2,1H3,(H,26,27,28,29). The van der Waals surface area contributed by atoms with Gasteiger partial charge in [0.05, 0.1) is 12.3 Å². The second-order valence-electron chi connectivity index (χ2n) is 7.44. The minimum Gasteiger partial charge on any atom is -0.478 e. The molecule has 2 aromatic heterocycles. The molecule has 0 amide bonds. The highest BCUT2D eigenvalue weighted by Gasteiger charge is 2.21. The van der Waals surface area contributed by atoms with Crippen LogP contribution in [0.15, 0.2) is 54.6 Å². The van der Waals surface area contributed by atoms with Gasteiger partial charge in [-0.15, -0.1) is 10.2 Å². The van der Waals surface area contributed by atoms with E-state index in [1.807, 2.05) is 59.2 Å². The molecule has 0 fully saturated rings. The van der Waals surface area contributed by atoms with Gasteiger partial charge in [0, 0.05) is 18.5 Å². The van der Waals surface area contributed by atoms with E-state index in [1.54, 1.807) is 0 Å². The quantitative estimate of drug-likeness (QED) is 0.375. The van der Waals surface area contributed by atoms with Gasteiger partial charge in [0.2, 0.25) is 5.82 Å². The van der Waals surface area contributed by atoms with Crippen LogP contribution >= 0.6 is 11.6 Å². The Labute approximate surface area is 191 Å². The van der Waals surface area contributed by atoms with Gasteiger partial charge < -0.3 is 14.4 Å². The van der Waals surface area contributed by atoms with Gasteiger partial charge >= 0.3 is 0 Å². The number of aromatic amines is 1. The van der Waals surface area contributed by atoms with Crippen molar-refractivity contribution in [2.45, 2.75) is 45.4 Å². The highest BCUT2D eigenvalue weighted by Crippen LogP contribution is 2.27. The third-order valence-electron chi connectivity index (χ3n) is 5.22. The molecule has 0 aliphatic rings. The summed E-state index contributed by atoms with van der Waals surface area (Å²) < 4.78 is 8.21. The van der Waals surface area contributed by atoms with Crippen LogP contribution in [0.2, 0.25) is 5.15 Å². The molecule has 2 N–H and O–H groups in total. The van der Waals surface area contributed by atoms with Crippen LogP contribution < -0.4 is 4.74 Å². The normalized spacial score (nSPS) is 12.1. The summed E-state index contributed by atoms with van der Waals surface area (Å²) in [4.78, 5) is 4.46. The molecule has 8 nitrogen and oxygen atoms in total. The molecule has 0 radical (unpaired) electrons. The second kappa shape index (κ2) is 10.4. The van der Waals surface area contributed by atoms with E-state index in [0.29, 0.717) is 29.0 Å². The molecule has 9 heteroatoms. The molecule has 4 rings (SSSR count). The number of ether oxygens (including phenoxy) is 1. The van der Waals surface area contributed by atoms with Gasteiger partial charge in [-0.3, -0.25) is 0 Å². The molecule has 1 atom stereocenters. The van der Waals surface area contributed by atoms with Gasteiger partial charge in [0.25, 0.3) is 0 Å². The molecule has 0 spiro atoms. The molecular formula is C23H25ClN6O2. The highest BCUT2D eigenvalue weighted by molar-refractivity contribution is 6.30. The van der Waals surface area contributed by atoms with E-state index >= 15 is 0 Å². The molecule has 0 aliphatic carbocycles. The fourth-order valence-electron chi connectivity index (χ4n) is 3.54. The largest absolute Gasteiger partial charge is 0.478 e. The van der Waals surface area contributed by atoms with Crippen molar-refractivity contribution in [3.8, 4) is 5.75 Å². The number of tetrazole rings is 1. The van der Waals surface area contributed by atoms with Crippen LogP contribution in [-0.2, 0) is 19.6 Å². The van der Waals surface area contributed by atoms with Crippen molar-refractivity contribution >= 4 is 11.6 Å². The van der Waals surface area contributed by atoms with E-state index in [4.69, 9.17) is 16.3 Å². The van der Waals surface area contributed by atoms with Gasteiger partial charge in [-0.05, 0) is 24.1 Å². The zero-order valence-electron chi connectivity index (χ0n) is 17.8. The van der Waals surface area contributed by atoms with Crippen LogP contribution in [0.1, 0.15) is 54.3 Å². The first-order valence-electron chi connectivity index (χ1n) is 10.6. The number of aryl methyl sites for hydroxylation is 1. The fraction of sp³-hybridized carbons (Fsp3) is 0.304. The number of rotatable bonds is 10. The van der Waals surface area contributed by atoms with E-state index in [-0.39, 0.29) is 6.61 Å². The summed E-state index contributed by atoms with van der Waals surface area (Å²) in [6.07, 6.45) is 2.42. The number of aromatic nitrogens is 6. The van der Waals surface area contributed by atoms with E-state index < -0.39 is 6.10 Å².